The lowest BCUT2D eigenvalue weighted by Gasteiger charge is -2.13. The molecule has 1 heterocycles. The molecule has 28 heavy (non-hydrogen) atoms. The second-order valence-electron chi connectivity index (χ2n) is 6.18. The standard InChI is InChI=1S/C21H21N3O4/c1-3-14-8-4-6-10-16(14)22-19(25)13-24-20(26)17(23-21(24)27)12-15-9-5-7-11-18(15)28-2/h4-12H,3,13H2,1-2H3,(H,22,25)(H,23,27)/b17-12+. The normalized spacial score (nSPS) is 14.9. The van der Waals surface area contributed by atoms with Gasteiger partial charge in [0.05, 0.1) is 7.11 Å². The van der Waals surface area contributed by atoms with Crippen molar-refractivity contribution in [1.29, 1.82) is 0 Å². The monoisotopic (exact) mass is 379 g/mol. The van der Waals surface area contributed by atoms with Gasteiger partial charge in [-0.25, -0.2) is 9.69 Å². The molecule has 0 radical (unpaired) electrons. The Morgan fingerprint density at radius 2 is 1.86 bits per heavy atom. The number of nitrogens with one attached hydrogen (secondary N) is 2. The number of benzene rings is 2. The Balaban J connectivity index is 1.73. The van der Waals surface area contributed by atoms with Crippen molar-refractivity contribution in [2.24, 2.45) is 0 Å². The molecule has 0 bridgehead atoms. The lowest BCUT2D eigenvalue weighted by Crippen LogP contribution is -2.38. The fraction of sp³-hybridized carbons (Fsp3) is 0.190. The molecule has 2 N–H and O–H groups in total. The van der Waals surface area contributed by atoms with E-state index >= 15 is 0 Å². The molecular weight excluding hydrogens is 358 g/mol. The molecule has 0 aliphatic carbocycles. The summed E-state index contributed by atoms with van der Waals surface area (Å²) < 4.78 is 5.25. The van der Waals surface area contributed by atoms with Crippen LogP contribution in [0.25, 0.3) is 6.08 Å². The van der Waals surface area contributed by atoms with Crippen LogP contribution in [0.5, 0.6) is 5.75 Å². The third-order valence-corrected chi connectivity index (χ3v) is 4.38. The Morgan fingerprint density at radius 1 is 1.14 bits per heavy atom. The van der Waals surface area contributed by atoms with Crippen molar-refractivity contribution in [2.45, 2.75) is 13.3 Å². The van der Waals surface area contributed by atoms with Crippen LogP contribution in [0.1, 0.15) is 18.1 Å². The van der Waals surface area contributed by atoms with Crippen LogP contribution in [0, 0.1) is 0 Å². The van der Waals surface area contributed by atoms with E-state index in [-0.39, 0.29) is 12.2 Å². The Morgan fingerprint density at radius 3 is 2.61 bits per heavy atom. The number of carbonyl (C=O) groups excluding carboxylic acids is 3. The van der Waals surface area contributed by atoms with Crippen LogP contribution < -0.4 is 15.4 Å². The average Bonchev–Trinajstić information content (AvgIpc) is 2.96. The van der Waals surface area contributed by atoms with Crippen LogP contribution >= 0.6 is 0 Å². The second-order valence-corrected chi connectivity index (χ2v) is 6.18. The maximum Gasteiger partial charge on any atom is 0.329 e. The zero-order valence-corrected chi connectivity index (χ0v) is 15.7. The van der Waals surface area contributed by atoms with Gasteiger partial charge in [0.15, 0.2) is 0 Å². The molecule has 0 unspecified atom stereocenters. The quantitative estimate of drug-likeness (QED) is 0.597. The van der Waals surface area contributed by atoms with Gasteiger partial charge in [-0.15, -0.1) is 0 Å². The maximum atomic E-state index is 12.6. The first-order valence-corrected chi connectivity index (χ1v) is 8.88. The molecule has 1 saturated heterocycles. The molecule has 3 rings (SSSR count). The summed E-state index contributed by atoms with van der Waals surface area (Å²) in [5, 5.41) is 5.27. The Labute approximate surface area is 163 Å². The number of aryl methyl sites for hydroxylation is 1. The number of hydrogen-bond acceptors (Lipinski definition) is 4. The van der Waals surface area contributed by atoms with Crippen molar-refractivity contribution in [3.63, 3.8) is 0 Å². The van der Waals surface area contributed by atoms with E-state index in [0.717, 1.165) is 16.9 Å². The van der Waals surface area contributed by atoms with Crippen molar-refractivity contribution in [3.05, 3.63) is 65.4 Å². The first-order valence-electron chi connectivity index (χ1n) is 8.88. The van der Waals surface area contributed by atoms with Gasteiger partial charge < -0.3 is 15.4 Å². The molecule has 1 aliphatic rings. The first-order chi connectivity index (χ1) is 13.5. The number of rotatable bonds is 6. The molecule has 0 atom stereocenters. The zero-order valence-electron chi connectivity index (χ0n) is 15.7. The van der Waals surface area contributed by atoms with Gasteiger partial charge >= 0.3 is 6.03 Å². The highest BCUT2D eigenvalue weighted by atomic mass is 16.5. The summed E-state index contributed by atoms with van der Waals surface area (Å²) >= 11 is 0. The number of methoxy groups -OCH3 is 1. The highest BCUT2D eigenvalue weighted by Gasteiger charge is 2.35. The fourth-order valence-corrected chi connectivity index (χ4v) is 2.94. The van der Waals surface area contributed by atoms with Crippen LogP contribution in [0.4, 0.5) is 10.5 Å². The van der Waals surface area contributed by atoms with Gasteiger partial charge in [0.2, 0.25) is 5.91 Å². The van der Waals surface area contributed by atoms with Crippen molar-refractivity contribution in [1.82, 2.24) is 10.2 Å². The lowest BCUT2D eigenvalue weighted by atomic mass is 10.1. The molecule has 0 aromatic heterocycles. The SMILES string of the molecule is CCc1ccccc1NC(=O)CN1C(=O)N/C(=C/c2ccccc2OC)C1=O. The van der Waals surface area contributed by atoms with Crippen molar-refractivity contribution >= 4 is 29.6 Å². The third-order valence-electron chi connectivity index (χ3n) is 4.38. The number of imide groups is 1. The predicted molar refractivity (Wildman–Crippen MR) is 106 cm³/mol. The number of urea groups is 1. The number of carbonyl (C=O) groups is 3. The number of anilines is 1. The minimum Gasteiger partial charge on any atom is -0.496 e. The van der Waals surface area contributed by atoms with Gasteiger partial charge in [0.25, 0.3) is 5.91 Å². The molecule has 2 aromatic carbocycles. The maximum absolute atomic E-state index is 12.6. The van der Waals surface area contributed by atoms with E-state index in [9.17, 15) is 14.4 Å². The first kappa shape index (κ1) is 19.2. The number of para-hydroxylation sites is 2. The number of amides is 4. The Kier molecular flexibility index (Phi) is 5.74. The van der Waals surface area contributed by atoms with Gasteiger partial charge in [0, 0.05) is 11.3 Å². The summed E-state index contributed by atoms with van der Waals surface area (Å²) in [5.74, 6) is -0.429. The van der Waals surface area contributed by atoms with Gasteiger partial charge in [-0.1, -0.05) is 43.3 Å². The highest BCUT2D eigenvalue weighted by Crippen LogP contribution is 2.22. The van der Waals surface area contributed by atoms with E-state index in [1.165, 1.54) is 13.2 Å². The van der Waals surface area contributed by atoms with E-state index < -0.39 is 17.8 Å². The third kappa shape index (κ3) is 4.03. The number of ether oxygens (including phenoxy) is 1. The van der Waals surface area contributed by atoms with Gasteiger partial charge in [-0.3, -0.25) is 9.59 Å². The van der Waals surface area contributed by atoms with Crippen LogP contribution in [0.2, 0.25) is 0 Å². The molecule has 7 nitrogen and oxygen atoms in total. The largest absolute Gasteiger partial charge is 0.496 e. The minimum atomic E-state index is -0.634. The summed E-state index contributed by atoms with van der Waals surface area (Å²) in [4.78, 5) is 38.0. The van der Waals surface area contributed by atoms with E-state index in [1.807, 2.05) is 25.1 Å². The second kappa shape index (κ2) is 8.39. The molecule has 2 aromatic rings. The van der Waals surface area contributed by atoms with Crippen LogP contribution in [-0.2, 0) is 16.0 Å². The Hall–Kier alpha value is -3.61. The van der Waals surface area contributed by atoms with Gasteiger partial charge in [0.1, 0.15) is 18.0 Å². The highest BCUT2D eigenvalue weighted by molar-refractivity contribution is 6.16. The smallest absolute Gasteiger partial charge is 0.329 e. The molecule has 0 saturated carbocycles. The summed E-state index contributed by atoms with van der Waals surface area (Å²) in [5.41, 5.74) is 2.39. The summed E-state index contributed by atoms with van der Waals surface area (Å²) in [6, 6.07) is 13.9. The van der Waals surface area contributed by atoms with Crippen LogP contribution in [0.15, 0.2) is 54.2 Å². The minimum absolute atomic E-state index is 0.0938. The van der Waals surface area contributed by atoms with E-state index in [2.05, 4.69) is 10.6 Å². The Bertz CT molecular complexity index is 952. The molecule has 1 fully saturated rings. The summed E-state index contributed by atoms with van der Waals surface area (Å²) in [6.07, 6.45) is 2.29. The molecule has 0 spiro atoms. The predicted octanol–water partition coefficient (Wildman–Crippen LogP) is 2.79. The molecule has 1 aliphatic heterocycles. The summed E-state index contributed by atoms with van der Waals surface area (Å²) in [7, 11) is 1.52. The fourth-order valence-electron chi connectivity index (χ4n) is 2.94. The summed E-state index contributed by atoms with van der Waals surface area (Å²) in [6.45, 7) is 1.61. The van der Waals surface area contributed by atoms with Crippen LogP contribution in [0.3, 0.4) is 0 Å². The van der Waals surface area contributed by atoms with Crippen LogP contribution in [-0.4, -0.2) is 36.4 Å². The van der Waals surface area contributed by atoms with Crippen molar-refractivity contribution in [3.8, 4) is 5.75 Å². The number of hydrogen-bond donors (Lipinski definition) is 2. The number of nitrogens with zero attached hydrogens (tertiary/aromatic N) is 1. The van der Waals surface area contributed by atoms with E-state index in [1.54, 1.807) is 30.3 Å². The van der Waals surface area contributed by atoms with Crippen molar-refractivity contribution in [2.75, 3.05) is 19.0 Å². The average molecular weight is 379 g/mol. The van der Waals surface area contributed by atoms with Gasteiger partial charge in [-0.2, -0.15) is 0 Å². The van der Waals surface area contributed by atoms with Gasteiger partial charge in [-0.05, 0) is 30.2 Å². The van der Waals surface area contributed by atoms with E-state index in [0.29, 0.717) is 17.0 Å². The molecular formula is C21H21N3O4. The zero-order chi connectivity index (χ0) is 20.1. The molecule has 7 heteroatoms. The molecule has 4 amide bonds. The molecule has 144 valence electrons. The van der Waals surface area contributed by atoms with Crippen molar-refractivity contribution < 1.29 is 19.1 Å². The topological polar surface area (TPSA) is 87.7 Å². The van der Waals surface area contributed by atoms with E-state index in [4.69, 9.17) is 4.74 Å². The lowest BCUT2D eigenvalue weighted by molar-refractivity contribution is -0.127.